The van der Waals surface area contributed by atoms with Gasteiger partial charge in [0.15, 0.2) is 11.6 Å². The standard InChI is InChI=1S/C15H12F2N2O/c16-13-7-6-12(9-14(13)17)19-15(20)8-3-10-1-4-11(18)5-2-10/h1-9H,18H2,(H,19,20)/b8-3+. The minimum absolute atomic E-state index is 0.191. The highest BCUT2D eigenvalue weighted by molar-refractivity contribution is 6.01. The number of amides is 1. The van der Waals surface area contributed by atoms with Crippen molar-refractivity contribution in [2.75, 3.05) is 11.1 Å². The largest absolute Gasteiger partial charge is 0.399 e. The maximum atomic E-state index is 13.0. The van der Waals surface area contributed by atoms with Crippen molar-refractivity contribution in [2.24, 2.45) is 0 Å². The molecule has 0 bridgehead atoms. The molecule has 0 radical (unpaired) electrons. The SMILES string of the molecule is Nc1ccc(/C=C/C(=O)Nc2ccc(F)c(F)c2)cc1. The highest BCUT2D eigenvalue weighted by Gasteiger charge is 2.04. The second kappa shape index (κ2) is 5.97. The van der Waals surface area contributed by atoms with E-state index in [0.29, 0.717) is 5.69 Å². The third kappa shape index (κ3) is 3.65. The lowest BCUT2D eigenvalue weighted by molar-refractivity contribution is -0.111. The van der Waals surface area contributed by atoms with Crippen molar-refractivity contribution in [1.29, 1.82) is 0 Å². The number of nitrogens with one attached hydrogen (secondary N) is 1. The molecule has 0 aliphatic rings. The number of nitrogen functional groups attached to an aromatic ring is 1. The zero-order valence-electron chi connectivity index (χ0n) is 10.4. The minimum Gasteiger partial charge on any atom is -0.399 e. The van der Waals surface area contributed by atoms with Gasteiger partial charge < -0.3 is 11.1 Å². The summed E-state index contributed by atoms with van der Waals surface area (Å²) in [6, 6.07) is 10.1. The summed E-state index contributed by atoms with van der Waals surface area (Å²) in [5, 5.41) is 2.43. The van der Waals surface area contributed by atoms with Gasteiger partial charge in [0.05, 0.1) is 0 Å². The number of anilines is 2. The first-order chi connectivity index (χ1) is 9.54. The van der Waals surface area contributed by atoms with Crippen molar-refractivity contribution < 1.29 is 13.6 Å². The number of rotatable bonds is 3. The summed E-state index contributed by atoms with van der Waals surface area (Å²) in [6.07, 6.45) is 2.89. The van der Waals surface area contributed by atoms with Gasteiger partial charge in [0.1, 0.15) is 0 Å². The molecule has 5 heteroatoms. The molecule has 2 aromatic carbocycles. The Hall–Kier alpha value is -2.69. The molecule has 0 aliphatic carbocycles. The first-order valence-corrected chi connectivity index (χ1v) is 5.84. The fraction of sp³-hybridized carbons (Fsp3) is 0. The minimum atomic E-state index is -1.01. The van der Waals surface area contributed by atoms with Crippen LogP contribution in [0.2, 0.25) is 0 Å². The first-order valence-electron chi connectivity index (χ1n) is 5.84. The molecule has 0 fully saturated rings. The van der Waals surface area contributed by atoms with Gasteiger partial charge in [-0.25, -0.2) is 8.78 Å². The lowest BCUT2D eigenvalue weighted by Crippen LogP contribution is -2.08. The molecule has 102 valence electrons. The lowest BCUT2D eigenvalue weighted by Gasteiger charge is -2.02. The van der Waals surface area contributed by atoms with Gasteiger partial charge in [-0.15, -0.1) is 0 Å². The summed E-state index contributed by atoms with van der Waals surface area (Å²) in [7, 11) is 0. The predicted molar refractivity (Wildman–Crippen MR) is 74.9 cm³/mol. The Kier molecular flexibility index (Phi) is 4.10. The van der Waals surface area contributed by atoms with Gasteiger partial charge in [0, 0.05) is 23.5 Å². The van der Waals surface area contributed by atoms with E-state index >= 15 is 0 Å². The zero-order chi connectivity index (χ0) is 14.5. The van der Waals surface area contributed by atoms with E-state index in [9.17, 15) is 13.6 Å². The Morgan fingerprint density at radius 3 is 2.40 bits per heavy atom. The second-order valence-corrected chi connectivity index (χ2v) is 4.12. The second-order valence-electron chi connectivity index (χ2n) is 4.12. The van der Waals surface area contributed by atoms with Gasteiger partial charge >= 0.3 is 0 Å². The van der Waals surface area contributed by atoms with E-state index in [2.05, 4.69) is 5.32 Å². The van der Waals surface area contributed by atoms with Crippen molar-refractivity contribution >= 4 is 23.4 Å². The summed E-state index contributed by atoms with van der Waals surface area (Å²) in [5.41, 5.74) is 7.17. The Bertz CT molecular complexity index is 651. The zero-order valence-corrected chi connectivity index (χ0v) is 10.4. The van der Waals surface area contributed by atoms with Crippen LogP contribution in [0.4, 0.5) is 20.2 Å². The normalized spacial score (nSPS) is 10.7. The molecular formula is C15H12F2N2O. The molecule has 0 atom stereocenters. The molecule has 0 unspecified atom stereocenters. The number of carbonyl (C=O) groups excluding carboxylic acids is 1. The Morgan fingerprint density at radius 2 is 1.75 bits per heavy atom. The van der Waals surface area contributed by atoms with E-state index in [0.717, 1.165) is 17.7 Å². The Labute approximate surface area is 114 Å². The van der Waals surface area contributed by atoms with Crippen LogP contribution >= 0.6 is 0 Å². The molecule has 0 aromatic heterocycles. The molecular weight excluding hydrogens is 262 g/mol. The third-order valence-corrected chi connectivity index (χ3v) is 2.55. The summed E-state index contributed by atoms with van der Waals surface area (Å²) in [6.45, 7) is 0. The molecule has 20 heavy (non-hydrogen) atoms. The third-order valence-electron chi connectivity index (χ3n) is 2.55. The van der Waals surface area contributed by atoms with Crippen LogP contribution in [0.1, 0.15) is 5.56 Å². The fourth-order valence-corrected chi connectivity index (χ4v) is 1.54. The Balaban J connectivity index is 2.01. The average Bonchev–Trinajstić information content (AvgIpc) is 2.42. The summed E-state index contributed by atoms with van der Waals surface area (Å²) >= 11 is 0. The van der Waals surface area contributed by atoms with E-state index < -0.39 is 17.5 Å². The molecule has 0 heterocycles. The van der Waals surface area contributed by atoms with Gasteiger partial charge in [-0.05, 0) is 35.9 Å². The van der Waals surface area contributed by atoms with Crippen LogP contribution in [0, 0.1) is 11.6 Å². The first kappa shape index (κ1) is 13.7. The van der Waals surface area contributed by atoms with Crippen LogP contribution in [0.15, 0.2) is 48.5 Å². The number of hydrogen-bond donors (Lipinski definition) is 2. The quantitative estimate of drug-likeness (QED) is 0.667. The molecule has 0 saturated heterocycles. The predicted octanol–water partition coefficient (Wildman–Crippen LogP) is 3.20. The van der Waals surface area contributed by atoms with Crippen LogP contribution < -0.4 is 11.1 Å². The molecule has 2 rings (SSSR count). The van der Waals surface area contributed by atoms with Gasteiger partial charge in [-0.3, -0.25) is 4.79 Å². The summed E-state index contributed by atoms with van der Waals surface area (Å²) in [5.74, 6) is -2.40. The molecule has 3 N–H and O–H groups in total. The van der Waals surface area contributed by atoms with Crippen LogP contribution in [0.25, 0.3) is 6.08 Å². The smallest absolute Gasteiger partial charge is 0.248 e. The van der Waals surface area contributed by atoms with Crippen LogP contribution in [0.5, 0.6) is 0 Å². The molecule has 0 saturated carbocycles. The van der Waals surface area contributed by atoms with Crippen molar-refractivity contribution in [3.8, 4) is 0 Å². The van der Waals surface area contributed by atoms with E-state index in [-0.39, 0.29) is 5.69 Å². The summed E-state index contributed by atoms with van der Waals surface area (Å²) in [4.78, 5) is 11.6. The number of nitrogens with two attached hydrogens (primary N) is 1. The van der Waals surface area contributed by atoms with E-state index in [1.807, 2.05) is 0 Å². The van der Waals surface area contributed by atoms with E-state index in [1.54, 1.807) is 30.3 Å². The van der Waals surface area contributed by atoms with Gasteiger partial charge in [-0.1, -0.05) is 12.1 Å². The van der Waals surface area contributed by atoms with Gasteiger partial charge in [0.2, 0.25) is 5.91 Å². The number of hydrogen-bond acceptors (Lipinski definition) is 2. The summed E-state index contributed by atoms with van der Waals surface area (Å²) < 4.78 is 25.7. The monoisotopic (exact) mass is 274 g/mol. The maximum absolute atomic E-state index is 13.0. The van der Waals surface area contributed by atoms with Gasteiger partial charge in [-0.2, -0.15) is 0 Å². The number of halogens is 2. The van der Waals surface area contributed by atoms with Crippen molar-refractivity contribution in [2.45, 2.75) is 0 Å². The number of carbonyl (C=O) groups is 1. The van der Waals surface area contributed by atoms with Crippen LogP contribution in [-0.4, -0.2) is 5.91 Å². The highest BCUT2D eigenvalue weighted by Crippen LogP contribution is 2.13. The molecule has 0 spiro atoms. The topological polar surface area (TPSA) is 55.1 Å². The molecule has 2 aromatic rings. The van der Waals surface area contributed by atoms with E-state index in [4.69, 9.17) is 5.73 Å². The van der Waals surface area contributed by atoms with Crippen molar-refractivity contribution in [1.82, 2.24) is 0 Å². The Morgan fingerprint density at radius 1 is 1.05 bits per heavy atom. The van der Waals surface area contributed by atoms with Crippen LogP contribution in [-0.2, 0) is 4.79 Å². The lowest BCUT2D eigenvalue weighted by atomic mass is 10.2. The number of benzene rings is 2. The molecule has 3 nitrogen and oxygen atoms in total. The molecule has 1 amide bonds. The fourth-order valence-electron chi connectivity index (χ4n) is 1.54. The maximum Gasteiger partial charge on any atom is 0.248 e. The van der Waals surface area contributed by atoms with Crippen LogP contribution in [0.3, 0.4) is 0 Å². The highest BCUT2D eigenvalue weighted by atomic mass is 19.2. The molecule has 0 aliphatic heterocycles. The van der Waals surface area contributed by atoms with Gasteiger partial charge in [0.25, 0.3) is 0 Å². The average molecular weight is 274 g/mol. The van der Waals surface area contributed by atoms with Crippen molar-refractivity contribution in [3.05, 3.63) is 65.7 Å². The van der Waals surface area contributed by atoms with Crippen molar-refractivity contribution in [3.63, 3.8) is 0 Å². The van der Waals surface area contributed by atoms with E-state index in [1.165, 1.54) is 12.1 Å².